The van der Waals surface area contributed by atoms with Gasteiger partial charge in [0.15, 0.2) is 0 Å². The molecule has 0 amide bonds. The van der Waals surface area contributed by atoms with E-state index in [1.165, 1.54) is 11.6 Å². The zero-order valence-electron chi connectivity index (χ0n) is 12.5. The number of halogens is 2. The Morgan fingerprint density at radius 3 is 2.19 bits per heavy atom. The Kier molecular flexibility index (Phi) is 4.67. The molecule has 4 heteroatoms. The van der Waals surface area contributed by atoms with Crippen molar-refractivity contribution in [3.8, 4) is 0 Å². The highest BCUT2D eigenvalue weighted by Crippen LogP contribution is 2.31. The average Bonchev–Trinajstić information content (AvgIpc) is 2.42. The van der Waals surface area contributed by atoms with Crippen LogP contribution in [0.3, 0.4) is 0 Å². The second kappa shape index (κ2) is 6.14. The molecule has 2 aromatic carbocycles. The van der Waals surface area contributed by atoms with Gasteiger partial charge in [-0.1, -0.05) is 62.7 Å². The molecule has 1 unspecified atom stereocenters. The molecule has 0 bridgehead atoms. The van der Waals surface area contributed by atoms with Crippen molar-refractivity contribution >= 4 is 11.6 Å². The SMILES string of the molecule is CC(C)(C)c1ccc(C(NN)c2c(F)cccc2Cl)cc1. The molecule has 0 aliphatic rings. The lowest BCUT2D eigenvalue weighted by molar-refractivity contribution is 0.558. The van der Waals surface area contributed by atoms with Crippen molar-refractivity contribution in [2.45, 2.75) is 32.2 Å². The van der Waals surface area contributed by atoms with E-state index in [2.05, 4.69) is 26.2 Å². The normalized spacial score (nSPS) is 13.2. The molecule has 0 saturated heterocycles. The number of nitrogens with one attached hydrogen (secondary N) is 1. The van der Waals surface area contributed by atoms with E-state index in [9.17, 15) is 4.39 Å². The number of hydrogen-bond acceptors (Lipinski definition) is 2. The zero-order valence-corrected chi connectivity index (χ0v) is 13.2. The first kappa shape index (κ1) is 16.0. The van der Waals surface area contributed by atoms with Crippen molar-refractivity contribution < 1.29 is 4.39 Å². The summed E-state index contributed by atoms with van der Waals surface area (Å²) in [7, 11) is 0. The first-order valence-electron chi connectivity index (χ1n) is 6.85. The Labute approximate surface area is 130 Å². The van der Waals surface area contributed by atoms with Gasteiger partial charge >= 0.3 is 0 Å². The van der Waals surface area contributed by atoms with Gasteiger partial charge in [-0.05, 0) is 28.7 Å². The van der Waals surface area contributed by atoms with Crippen LogP contribution in [-0.2, 0) is 5.41 Å². The molecule has 112 valence electrons. The number of rotatable bonds is 3. The highest BCUT2D eigenvalue weighted by atomic mass is 35.5. The molecule has 0 saturated carbocycles. The third-order valence-corrected chi connectivity index (χ3v) is 3.89. The summed E-state index contributed by atoms with van der Waals surface area (Å²) in [5.41, 5.74) is 5.17. The number of hydrogen-bond donors (Lipinski definition) is 2. The van der Waals surface area contributed by atoms with E-state index >= 15 is 0 Å². The van der Waals surface area contributed by atoms with Crippen molar-refractivity contribution in [3.63, 3.8) is 0 Å². The van der Waals surface area contributed by atoms with Crippen molar-refractivity contribution in [1.29, 1.82) is 0 Å². The molecule has 21 heavy (non-hydrogen) atoms. The van der Waals surface area contributed by atoms with Gasteiger partial charge in [0.2, 0.25) is 0 Å². The highest BCUT2D eigenvalue weighted by Gasteiger charge is 2.20. The van der Waals surface area contributed by atoms with Crippen LogP contribution in [0.25, 0.3) is 0 Å². The van der Waals surface area contributed by atoms with Crippen LogP contribution in [0.4, 0.5) is 4.39 Å². The van der Waals surface area contributed by atoms with Crippen molar-refractivity contribution in [3.05, 3.63) is 70.0 Å². The molecule has 0 fully saturated rings. The summed E-state index contributed by atoms with van der Waals surface area (Å²) in [6.07, 6.45) is 0. The summed E-state index contributed by atoms with van der Waals surface area (Å²) in [5.74, 6) is 5.25. The van der Waals surface area contributed by atoms with E-state index in [1.54, 1.807) is 12.1 Å². The van der Waals surface area contributed by atoms with E-state index in [0.717, 1.165) is 5.56 Å². The van der Waals surface area contributed by atoms with Crippen LogP contribution in [0, 0.1) is 5.82 Å². The predicted octanol–water partition coefficient (Wildman–Crippen LogP) is 4.33. The van der Waals surface area contributed by atoms with Crippen LogP contribution in [-0.4, -0.2) is 0 Å². The number of benzene rings is 2. The summed E-state index contributed by atoms with van der Waals surface area (Å²) in [6, 6.07) is 12.1. The molecule has 0 heterocycles. The van der Waals surface area contributed by atoms with Crippen LogP contribution >= 0.6 is 11.6 Å². The largest absolute Gasteiger partial charge is 0.271 e. The van der Waals surface area contributed by atoms with Gasteiger partial charge in [-0.2, -0.15) is 0 Å². The van der Waals surface area contributed by atoms with Crippen LogP contribution in [0.1, 0.15) is 43.5 Å². The Balaban J connectivity index is 2.43. The minimum atomic E-state index is -0.479. The maximum atomic E-state index is 14.1. The van der Waals surface area contributed by atoms with Crippen molar-refractivity contribution in [1.82, 2.24) is 5.43 Å². The van der Waals surface area contributed by atoms with Crippen LogP contribution in [0.15, 0.2) is 42.5 Å². The quantitative estimate of drug-likeness (QED) is 0.654. The summed E-state index contributed by atoms with van der Waals surface area (Å²) in [4.78, 5) is 0. The Morgan fingerprint density at radius 2 is 1.71 bits per heavy atom. The van der Waals surface area contributed by atoms with Crippen LogP contribution < -0.4 is 11.3 Å². The summed E-state index contributed by atoms with van der Waals surface area (Å²) in [5, 5.41) is 0.359. The minimum Gasteiger partial charge on any atom is -0.271 e. The summed E-state index contributed by atoms with van der Waals surface area (Å²) < 4.78 is 14.1. The third-order valence-electron chi connectivity index (χ3n) is 3.57. The first-order chi connectivity index (χ1) is 9.84. The predicted molar refractivity (Wildman–Crippen MR) is 85.7 cm³/mol. The maximum absolute atomic E-state index is 14.1. The molecule has 2 aromatic rings. The molecule has 2 rings (SSSR count). The molecular formula is C17H20ClFN2. The lowest BCUT2D eigenvalue weighted by atomic mass is 9.86. The van der Waals surface area contributed by atoms with Gasteiger partial charge in [-0.3, -0.25) is 5.84 Å². The Bertz CT molecular complexity index is 597. The summed E-state index contributed by atoms with van der Waals surface area (Å²) >= 11 is 6.12. The fraction of sp³-hybridized carbons (Fsp3) is 0.294. The third kappa shape index (κ3) is 3.43. The molecule has 0 aromatic heterocycles. The Morgan fingerprint density at radius 1 is 1.10 bits per heavy atom. The average molecular weight is 307 g/mol. The van der Waals surface area contributed by atoms with Gasteiger partial charge < -0.3 is 0 Å². The highest BCUT2D eigenvalue weighted by molar-refractivity contribution is 6.31. The first-order valence-corrected chi connectivity index (χ1v) is 7.23. The standard InChI is InChI=1S/C17H20ClFN2/c1-17(2,3)12-9-7-11(8-10-12)16(21-20)15-13(18)5-4-6-14(15)19/h4-10,16,21H,20H2,1-3H3. The van der Waals surface area contributed by atoms with Gasteiger partial charge in [-0.25, -0.2) is 9.82 Å². The van der Waals surface area contributed by atoms with Crippen molar-refractivity contribution in [2.24, 2.45) is 5.84 Å². The molecule has 1 atom stereocenters. The second-order valence-corrected chi connectivity index (χ2v) is 6.51. The molecule has 0 spiro atoms. The van der Waals surface area contributed by atoms with E-state index in [1.807, 2.05) is 24.3 Å². The zero-order chi connectivity index (χ0) is 15.6. The van der Waals surface area contributed by atoms with Gasteiger partial charge in [0.1, 0.15) is 5.82 Å². The fourth-order valence-corrected chi connectivity index (χ4v) is 2.58. The maximum Gasteiger partial charge on any atom is 0.129 e. The monoisotopic (exact) mass is 306 g/mol. The molecule has 2 nitrogen and oxygen atoms in total. The van der Waals surface area contributed by atoms with E-state index in [4.69, 9.17) is 17.4 Å². The van der Waals surface area contributed by atoms with Gasteiger partial charge in [0.05, 0.1) is 6.04 Å². The minimum absolute atomic E-state index is 0.0693. The lowest BCUT2D eigenvalue weighted by Crippen LogP contribution is -2.30. The molecular weight excluding hydrogens is 287 g/mol. The number of hydrazine groups is 1. The van der Waals surface area contributed by atoms with Gasteiger partial charge in [0, 0.05) is 10.6 Å². The molecule has 0 radical (unpaired) electrons. The molecule has 3 N–H and O–H groups in total. The van der Waals surface area contributed by atoms with E-state index in [-0.39, 0.29) is 11.2 Å². The number of nitrogens with two attached hydrogens (primary N) is 1. The smallest absolute Gasteiger partial charge is 0.129 e. The Hall–Kier alpha value is -1.42. The summed E-state index contributed by atoms with van der Waals surface area (Å²) in [6.45, 7) is 6.44. The second-order valence-electron chi connectivity index (χ2n) is 6.11. The van der Waals surface area contributed by atoms with Gasteiger partial charge in [-0.15, -0.1) is 0 Å². The molecule has 0 aliphatic heterocycles. The van der Waals surface area contributed by atoms with Crippen LogP contribution in [0.2, 0.25) is 5.02 Å². The topological polar surface area (TPSA) is 38.0 Å². The van der Waals surface area contributed by atoms with Crippen LogP contribution in [0.5, 0.6) is 0 Å². The van der Waals surface area contributed by atoms with E-state index < -0.39 is 6.04 Å². The van der Waals surface area contributed by atoms with Crippen molar-refractivity contribution in [2.75, 3.05) is 0 Å². The van der Waals surface area contributed by atoms with Gasteiger partial charge in [0.25, 0.3) is 0 Å². The fourth-order valence-electron chi connectivity index (χ4n) is 2.31. The van der Waals surface area contributed by atoms with E-state index in [0.29, 0.717) is 10.6 Å². The lowest BCUT2D eigenvalue weighted by Gasteiger charge is -2.22. The molecule has 0 aliphatic carbocycles.